The van der Waals surface area contributed by atoms with Crippen LogP contribution in [-0.2, 0) is 10.0 Å². The molecule has 0 atom stereocenters. The molecule has 0 aliphatic heterocycles. The lowest BCUT2D eigenvalue weighted by atomic mass is 10.00. The molecule has 1 amide bonds. The van der Waals surface area contributed by atoms with Gasteiger partial charge in [-0.1, -0.05) is 6.07 Å². The number of anilines is 2. The van der Waals surface area contributed by atoms with E-state index in [1.54, 1.807) is 18.2 Å². The van der Waals surface area contributed by atoms with Crippen molar-refractivity contribution in [3.05, 3.63) is 77.6 Å². The first-order valence-electron chi connectivity index (χ1n) is 11.8. The number of nitrogens with zero attached hydrogens (tertiary/aromatic N) is 1. The maximum Gasteiger partial charge on any atom is 0.707 e. The molecule has 1 saturated carbocycles. The molecule has 0 saturated heterocycles. The molecule has 0 unspecified atom stereocenters. The average Bonchev–Trinajstić information content (AvgIpc) is 3.63. The molecule has 1 aromatic heterocycles. The van der Waals surface area contributed by atoms with Gasteiger partial charge in [0.15, 0.2) is 0 Å². The van der Waals surface area contributed by atoms with Gasteiger partial charge in [-0.05, 0) is 66.8 Å². The second-order valence-electron chi connectivity index (χ2n) is 9.04. The van der Waals surface area contributed by atoms with Crippen LogP contribution < -0.4 is 14.3 Å². The molecule has 5 rings (SSSR count). The maximum atomic E-state index is 13.6. The molecule has 0 radical (unpaired) electrons. The summed E-state index contributed by atoms with van der Waals surface area (Å²) in [7, 11) is -4.49. The van der Waals surface area contributed by atoms with Crippen LogP contribution in [0.4, 0.5) is 15.8 Å². The van der Waals surface area contributed by atoms with Crippen molar-refractivity contribution in [1.29, 1.82) is 0 Å². The molecule has 196 valence electrons. The van der Waals surface area contributed by atoms with Gasteiger partial charge in [0.1, 0.15) is 22.9 Å². The Hall–Kier alpha value is -3.87. The smallest absolute Gasteiger partial charge is 0.512 e. The van der Waals surface area contributed by atoms with Crippen molar-refractivity contribution in [2.45, 2.75) is 18.8 Å². The van der Waals surface area contributed by atoms with Gasteiger partial charge in [0.05, 0.1) is 23.2 Å². The quantitative estimate of drug-likeness (QED) is 0.290. The predicted octanol–water partition coefficient (Wildman–Crippen LogP) is 3.92. The van der Waals surface area contributed by atoms with Crippen LogP contribution in [0.2, 0.25) is 0 Å². The lowest BCUT2D eigenvalue weighted by molar-refractivity contribution is 0.0964. The number of fused-ring (bicyclic) bond motifs is 1. The predicted molar refractivity (Wildman–Crippen MR) is 141 cm³/mol. The Bertz CT molecular complexity index is 1630. The maximum absolute atomic E-state index is 13.6. The van der Waals surface area contributed by atoms with Crippen molar-refractivity contribution < 1.29 is 36.7 Å². The van der Waals surface area contributed by atoms with Gasteiger partial charge in [-0.25, -0.2) is 17.1 Å². The van der Waals surface area contributed by atoms with Gasteiger partial charge in [0.2, 0.25) is 10.0 Å². The van der Waals surface area contributed by atoms with Gasteiger partial charge in [-0.15, -0.1) is 0 Å². The lowest BCUT2D eigenvalue weighted by Gasteiger charge is -2.25. The highest BCUT2D eigenvalue weighted by atomic mass is 32.2. The number of furan rings is 1. The molecule has 0 spiro atoms. The molecule has 4 aromatic rings. The van der Waals surface area contributed by atoms with Crippen molar-refractivity contribution in [2.75, 3.05) is 17.6 Å². The number of halogens is 1. The highest BCUT2D eigenvalue weighted by molar-refractivity contribution is 7.92. The van der Waals surface area contributed by atoms with E-state index < -0.39 is 29.1 Å². The Morgan fingerprint density at radius 2 is 1.84 bits per heavy atom. The molecule has 9 nitrogen and oxygen atoms in total. The van der Waals surface area contributed by atoms with Gasteiger partial charge >= 0.3 is 7.32 Å². The summed E-state index contributed by atoms with van der Waals surface area (Å²) in [4.78, 5) is 13.0. The Kier molecular flexibility index (Phi) is 6.64. The number of hydrogen-bond acceptors (Lipinski definition) is 7. The molecular formula is C26H24BFN2O7S. The molecule has 38 heavy (non-hydrogen) atoms. The van der Waals surface area contributed by atoms with Crippen LogP contribution in [-0.4, -0.2) is 45.0 Å². The number of amides is 1. The van der Waals surface area contributed by atoms with Crippen LogP contribution in [0.1, 0.15) is 34.7 Å². The normalized spacial score (nSPS) is 13.4. The number of sulfonamides is 1. The number of carbonyl (C=O) groups excluding carboxylic acids is 1. The molecule has 1 fully saturated rings. The molecule has 1 aliphatic carbocycles. The monoisotopic (exact) mass is 538 g/mol. The van der Waals surface area contributed by atoms with Crippen LogP contribution in [0.25, 0.3) is 22.3 Å². The van der Waals surface area contributed by atoms with E-state index >= 15 is 0 Å². The number of benzene rings is 3. The minimum Gasteiger partial charge on any atom is -0.512 e. The molecule has 12 heteroatoms. The summed E-state index contributed by atoms with van der Waals surface area (Å²) >= 11 is 0. The second-order valence-corrected chi connectivity index (χ2v) is 10.9. The zero-order chi connectivity index (χ0) is 27.2. The molecule has 0 bridgehead atoms. The topological polar surface area (TPSA) is 129 Å². The van der Waals surface area contributed by atoms with Crippen molar-refractivity contribution in [3.8, 4) is 17.1 Å². The Morgan fingerprint density at radius 1 is 1.13 bits per heavy atom. The summed E-state index contributed by atoms with van der Waals surface area (Å²) < 4.78 is 52.0. The number of rotatable bonds is 8. The van der Waals surface area contributed by atoms with E-state index in [0.717, 1.165) is 23.4 Å². The molecule has 1 aliphatic rings. The first-order chi connectivity index (χ1) is 18.1. The van der Waals surface area contributed by atoms with Crippen molar-refractivity contribution >= 4 is 45.6 Å². The minimum absolute atomic E-state index is 0.0543. The van der Waals surface area contributed by atoms with Crippen molar-refractivity contribution in [1.82, 2.24) is 5.32 Å². The Labute approximate surface area is 218 Å². The van der Waals surface area contributed by atoms with Crippen LogP contribution in [0.5, 0.6) is 5.75 Å². The van der Waals surface area contributed by atoms with Gasteiger partial charge in [-0.2, -0.15) is 0 Å². The zero-order valence-corrected chi connectivity index (χ0v) is 21.3. The first-order valence-corrected chi connectivity index (χ1v) is 13.6. The second kappa shape index (κ2) is 9.78. The first kappa shape index (κ1) is 25.8. The molecule has 3 aromatic carbocycles. The third-order valence-corrected chi connectivity index (χ3v) is 7.33. The van der Waals surface area contributed by atoms with E-state index in [2.05, 4.69) is 5.32 Å². The van der Waals surface area contributed by atoms with E-state index in [-0.39, 0.29) is 34.3 Å². The summed E-state index contributed by atoms with van der Waals surface area (Å²) in [6.07, 6.45) is 2.74. The van der Waals surface area contributed by atoms with Crippen LogP contribution in [0.15, 0.2) is 65.1 Å². The third kappa shape index (κ3) is 4.97. The summed E-state index contributed by atoms with van der Waals surface area (Å²) in [5.41, 5.74) is 2.29. The number of hydrogen-bond donors (Lipinski definition) is 3. The summed E-state index contributed by atoms with van der Waals surface area (Å²) in [6, 6.07) is 14.8. The molecular weight excluding hydrogens is 514 g/mol. The standard InChI is InChI=1S/C26H24BFN2O7S/c1-29-26(31)24-21-13-20(15-6-7-15)22(14-23(21)36-25(24)16-8-10-17(28)11-9-16)30(38(2,34)35)18-4-3-5-19(12-18)37-27(32)33/h3-5,8-15,32-33H,6-7H2,1-2H3,(H,29,31). The summed E-state index contributed by atoms with van der Waals surface area (Å²) in [5, 5.41) is 21.5. The fourth-order valence-corrected chi connectivity index (χ4v) is 5.53. The van der Waals surface area contributed by atoms with Gasteiger partial charge in [-0.3, -0.25) is 4.79 Å². The molecule has 1 heterocycles. The van der Waals surface area contributed by atoms with E-state index in [1.165, 1.54) is 49.5 Å². The SMILES string of the molecule is CNC(=O)c1c(-c2ccc(F)cc2)oc2cc(N(c3cccc(OB(O)O)c3)S(C)(=O)=O)c(C3CC3)cc12. The van der Waals surface area contributed by atoms with Crippen molar-refractivity contribution in [2.24, 2.45) is 0 Å². The minimum atomic E-state index is -3.90. The molecule has 3 N–H and O–H groups in total. The average molecular weight is 538 g/mol. The van der Waals surface area contributed by atoms with Crippen molar-refractivity contribution in [3.63, 3.8) is 0 Å². The largest absolute Gasteiger partial charge is 0.707 e. The van der Waals surface area contributed by atoms with E-state index in [1.807, 2.05) is 0 Å². The zero-order valence-electron chi connectivity index (χ0n) is 20.5. The van der Waals surface area contributed by atoms with Crippen LogP contribution in [0.3, 0.4) is 0 Å². The summed E-state index contributed by atoms with van der Waals surface area (Å²) in [5.74, 6) is -0.479. The van der Waals surface area contributed by atoms with Gasteiger partial charge < -0.3 is 24.4 Å². The Balaban J connectivity index is 1.76. The van der Waals surface area contributed by atoms with Gasteiger partial charge in [0, 0.05) is 30.1 Å². The number of nitrogens with one attached hydrogen (secondary N) is 1. The van der Waals surface area contributed by atoms with E-state index in [0.29, 0.717) is 22.2 Å². The fourth-order valence-electron chi connectivity index (χ4n) is 4.52. The highest BCUT2D eigenvalue weighted by Crippen LogP contribution is 2.49. The van der Waals surface area contributed by atoms with Gasteiger partial charge in [0.25, 0.3) is 5.91 Å². The third-order valence-electron chi connectivity index (χ3n) is 6.26. The summed E-state index contributed by atoms with van der Waals surface area (Å²) in [6.45, 7) is 0. The van der Waals surface area contributed by atoms with E-state index in [4.69, 9.17) is 9.07 Å². The van der Waals surface area contributed by atoms with Crippen LogP contribution >= 0.6 is 0 Å². The van der Waals surface area contributed by atoms with Crippen LogP contribution in [0, 0.1) is 5.82 Å². The lowest BCUT2D eigenvalue weighted by Crippen LogP contribution is -2.26. The highest BCUT2D eigenvalue weighted by Gasteiger charge is 2.34. The number of carbonyl (C=O) groups is 1. The van der Waals surface area contributed by atoms with E-state index in [9.17, 15) is 27.7 Å². The fraction of sp³-hybridized carbons (Fsp3) is 0.192. The Morgan fingerprint density at radius 3 is 2.45 bits per heavy atom.